The minimum absolute atomic E-state index is 0.0615. The van der Waals surface area contributed by atoms with E-state index in [2.05, 4.69) is 52.6 Å². The lowest BCUT2D eigenvalue weighted by molar-refractivity contribution is 0.0523. The maximum atomic E-state index is 11.8. The predicted molar refractivity (Wildman–Crippen MR) is 127 cm³/mol. The number of ether oxygens (including phenoxy) is 1. The van der Waals surface area contributed by atoms with Crippen molar-refractivity contribution in [3.63, 3.8) is 0 Å². The topological polar surface area (TPSA) is 88.5 Å². The summed E-state index contributed by atoms with van der Waals surface area (Å²) in [5.41, 5.74) is 4.48. The van der Waals surface area contributed by atoms with Crippen molar-refractivity contribution >= 4 is 39.7 Å². The van der Waals surface area contributed by atoms with Gasteiger partial charge in [0.15, 0.2) is 5.82 Å². The lowest BCUT2D eigenvalue weighted by atomic mass is 9.94. The highest BCUT2D eigenvalue weighted by atomic mass is 32.1. The molecule has 0 saturated carbocycles. The Morgan fingerprint density at radius 1 is 1.13 bits per heavy atom. The van der Waals surface area contributed by atoms with E-state index in [9.17, 15) is 4.79 Å². The van der Waals surface area contributed by atoms with Crippen LogP contribution in [0.1, 0.15) is 57.5 Å². The number of rotatable bonds is 5. The van der Waals surface area contributed by atoms with Gasteiger partial charge in [0.1, 0.15) is 16.8 Å². The number of thiophene rings is 1. The summed E-state index contributed by atoms with van der Waals surface area (Å²) < 4.78 is 5.24. The first-order valence-corrected chi connectivity index (χ1v) is 10.9. The molecule has 2 heterocycles. The van der Waals surface area contributed by atoms with Crippen LogP contribution in [-0.4, -0.2) is 27.9 Å². The Bertz CT molecular complexity index is 1080. The first-order chi connectivity index (χ1) is 14.5. The zero-order chi connectivity index (χ0) is 22.6. The number of benzene rings is 1. The van der Waals surface area contributed by atoms with E-state index in [0.29, 0.717) is 12.4 Å². The largest absolute Gasteiger partial charge is 0.444 e. The molecule has 2 N–H and O–H groups in total. The molecule has 0 aliphatic heterocycles. The standard InChI is InChI=1S/C23H29N5O2S/c1-22(2,3)18-11-17-19(25-14-26-20(17)31-18)28-27-13-16-9-7-15(8-10-16)12-24-21(29)30-23(4,5)6/h7-11,13-14H,12H2,1-6H3,(H,24,29)(H,25,26,28). The van der Waals surface area contributed by atoms with Crippen LogP contribution >= 0.6 is 11.3 Å². The Morgan fingerprint density at radius 3 is 2.48 bits per heavy atom. The number of fused-ring (bicyclic) bond motifs is 1. The Morgan fingerprint density at radius 2 is 1.84 bits per heavy atom. The number of amides is 1. The zero-order valence-corrected chi connectivity index (χ0v) is 19.6. The monoisotopic (exact) mass is 439 g/mol. The van der Waals surface area contributed by atoms with Crippen molar-refractivity contribution in [2.24, 2.45) is 5.10 Å². The summed E-state index contributed by atoms with van der Waals surface area (Å²) in [4.78, 5) is 22.7. The number of anilines is 1. The SMILES string of the molecule is CC(C)(C)OC(=O)NCc1ccc(C=NNc2ncnc3sc(C(C)(C)C)cc23)cc1. The number of nitrogens with zero attached hydrogens (tertiary/aromatic N) is 3. The van der Waals surface area contributed by atoms with E-state index in [4.69, 9.17) is 4.74 Å². The fraction of sp³-hybridized carbons (Fsp3) is 0.391. The summed E-state index contributed by atoms with van der Waals surface area (Å²) in [5, 5.41) is 8.05. The number of nitrogens with one attached hydrogen (secondary N) is 2. The van der Waals surface area contributed by atoms with Crippen molar-refractivity contribution < 1.29 is 9.53 Å². The van der Waals surface area contributed by atoms with E-state index < -0.39 is 11.7 Å². The van der Waals surface area contributed by atoms with Gasteiger partial charge >= 0.3 is 6.09 Å². The molecule has 0 spiro atoms. The van der Waals surface area contributed by atoms with Crippen molar-refractivity contribution in [2.75, 3.05) is 5.43 Å². The minimum atomic E-state index is -0.510. The van der Waals surface area contributed by atoms with Gasteiger partial charge in [-0.2, -0.15) is 5.10 Å². The van der Waals surface area contributed by atoms with Gasteiger partial charge in [-0.15, -0.1) is 11.3 Å². The molecule has 0 aliphatic carbocycles. The Hall–Kier alpha value is -3.00. The molecular weight excluding hydrogens is 410 g/mol. The molecule has 0 saturated heterocycles. The van der Waals surface area contributed by atoms with Gasteiger partial charge in [-0.1, -0.05) is 45.0 Å². The fourth-order valence-corrected chi connectivity index (χ4v) is 3.75. The highest BCUT2D eigenvalue weighted by Gasteiger charge is 2.19. The van der Waals surface area contributed by atoms with Crippen molar-refractivity contribution in [1.29, 1.82) is 0 Å². The molecule has 1 aromatic carbocycles. The third-order valence-corrected chi connectivity index (χ3v) is 5.74. The van der Waals surface area contributed by atoms with Gasteiger partial charge in [-0.05, 0) is 43.4 Å². The molecule has 0 fully saturated rings. The minimum Gasteiger partial charge on any atom is -0.444 e. The molecule has 8 heteroatoms. The fourth-order valence-electron chi connectivity index (χ4n) is 2.69. The third kappa shape index (κ3) is 6.49. The molecule has 1 amide bonds. The molecule has 0 unspecified atom stereocenters. The van der Waals surface area contributed by atoms with Gasteiger partial charge in [-0.3, -0.25) is 5.43 Å². The number of hydrogen-bond acceptors (Lipinski definition) is 7. The number of carbonyl (C=O) groups is 1. The van der Waals surface area contributed by atoms with E-state index in [-0.39, 0.29) is 5.41 Å². The first-order valence-electron chi connectivity index (χ1n) is 10.1. The van der Waals surface area contributed by atoms with Crippen molar-refractivity contribution in [2.45, 2.75) is 59.1 Å². The van der Waals surface area contributed by atoms with Crippen molar-refractivity contribution in [3.8, 4) is 0 Å². The second kappa shape index (κ2) is 9.01. The zero-order valence-electron chi connectivity index (χ0n) is 18.8. The van der Waals surface area contributed by atoms with Gasteiger partial charge in [0.05, 0.1) is 11.6 Å². The number of carbonyl (C=O) groups excluding carboxylic acids is 1. The molecule has 164 valence electrons. The highest BCUT2D eigenvalue weighted by molar-refractivity contribution is 7.18. The average Bonchev–Trinajstić information content (AvgIpc) is 3.12. The molecule has 0 aliphatic rings. The Labute approximate surface area is 187 Å². The number of aromatic nitrogens is 2. The molecule has 0 radical (unpaired) electrons. The summed E-state index contributed by atoms with van der Waals surface area (Å²) in [7, 11) is 0. The van der Waals surface area contributed by atoms with Crippen LogP contribution in [0, 0.1) is 0 Å². The van der Waals surface area contributed by atoms with Gasteiger partial charge in [-0.25, -0.2) is 14.8 Å². The van der Waals surface area contributed by atoms with E-state index in [1.54, 1.807) is 23.9 Å². The number of hydrazone groups is 1. The summed E-state index contributed by atoms with van der Waals surface area (Å²) >= 11 is 1.68. The molecule has 2 aromatic heterocycles. The van der Waals surface area contributed by atoms with Crippen LogP contribution in [-0.2, 0) is 16.7 Å². The third-order valence-electron chi connectivity index (χ3n) is 4.27. The number of alkyl carbamates (subject to hydrolysis) is 1. The second-order valence-electron chi connectivity index (χ2n) is 9.27. The Balaban J connectivity index is 1.60. The highest BCUT2D eigenvalue weighted by Crippen LogP contribution is 2.35. The summed E-state index contributed by atoms with van der Waals surface area (Å²) in [5.74, 6) is 0.686. The molecule has 3 aromatic rings. The van der Waals surface area contributed by atoms with Gasteiger partial charge in [0, 0.05) is 11.4 Å². The Kier molecular flexibility index (Phi) is 6.59. The van der Waals surface area contributed by atoms with E-state index in [0.717, 1.165) is 21.3 Å². The van der Waals surface area contributed by atoms with Crippen LogP contribution in [0.3, 0.4) is 0 Å². The predicted octanol–water partition coefficient (Wildman–Crippen LogP) is 5.46. The molecule has 0 bridgehead atoms. The van der Waals surface area contributed by atoms with E-state index in [1.807, 2.05) is 45.0 Å². The van der Waals surface area contributed by atoms with Crippen molar-refractivity contribution in [1.82, 2.24) is 15.3 Å². The summed E-state index contributed by atoms with van der Waals surface area (Å²) in [6.45, 7) is 12.5. The van der Waals surface area contributed by atoms with Crippen LogP contribution in [0.4, 0.5) is 10.6 Å². The lowest BCUT2D eigenvalue weighted by Gasteiger charge is -2.19. The first kappa shape index (κ1) is 22.7. The van der Waals surface area contributed by atoms with Crippen LogP contribution in [0.2, 0.25) is 0 Å². The molecule has 0 atom stereocenters. The van der Waals surface area contributed by atoms with Crippen molar-refractivity contribution in [3.05, 3.63) is 52.7 Å². The second-order valence-corrected chi connectivity index (χ2v) is 10.3. The number of hydrogen-bond donors (Lipinski definition) is 2. The smallest absolute Gasteiger partial charge is 0.407 e. The molecular formula is C23H29N5O2S. The molecule has 7 nitrogen and oxygen atoms in total. The van der Waals surface area contributed by atoms with Crippen LogP contribution in [0.5, 0.6) is 0 Å². The molecule has 31 heavy (non-hydrogen) atoms. The van der Waals surface area contributed by atoms with Crippen LogP contribution in [0.15, 0.2) is 41.8 Å². The van der Waals surface area contributed by atoms with Crippen LogP contribution in [0.25, 0.3) is 10.2 Å². The normalized spacial score (nSPS) is 12.3. The quantitative estimate of drug-likeness (QED) is 0.407. The van der Waals surface area contributed by atoms with Gasteiger partial charge in [0.25, 0.3) is 0 Å². The average molecular weight is 440 g/mol. The van der Waals surface area contributed by atoms with Gasteiger partial charge < -0.3 is 10.1 Å². The summed E-state index contributed by atoms with van der Waals surface area (Å²) in [6.07, 6.45) is 2.85. The van der Waals surface area contributed by atoms with E-state index in [1.165, 1.54) is 4.88 Å². The van der Waals surface area contributed by atoms with Crippen LogP contribution < -0.4 is 10.7 Å². The maximum absolute atomic E-state index is 11.8. The van der Waals surface area contributed by atoms with E-state index >= 15 is 0 Å². The van der Waals surface area contributed by atoms with Gasteiger partial charge in [0.2, 0.25) is 0 Å². The molecule has 3 rings (SSSR count). The summed E-state index contributed by atoms with van der Waals surface area (Å²) in [6, 6.07) is 9.89. The lowest BCUT2D eigenvalue weighted by Crippen LogP contribution is -2.32. The maximum Gasteiger partial charge on any atom is 0.407 e.